The molecule has 1 aromatic heterocycles. The van der Waals surface area contributed by atoms with Crippen molar-refractivity contribution in [2.24, 2.45) is 12.2 Å². The van der Waals surface area contributed by atoms with E-state index in [9.17, 15) is 0 Å². The van der Waals surface area contributed by atoms with E-state index in [4.69, 9.17) is 14.8 Å². The van der Waals surface area contributed by atoms with Crippen molar-refractivity contribution in [1.29, 1.82) is 0 Å². The van der Waals surface area contributed by atoms with Crippen molar-refractivity contribution in [3.8, 4) is 0 Å². The van der Waals surface area contributed by atoms with E-state index in [-0.39, 0.29) is 0 Å². The van der Waals surface area contributed by atoms with Crippen LogP contribution in [0.4, 0.5) is 0 Å². The van der Waals surface area contributed by atoms with Crippen LogP contribution in [0, 0.1) is 0 Å². The fraction of sp³-hybridized carbons (Fsp3) is 0.375. The third-order valence-corrected chi connectivity index (χ3v) is 4.99. The summed E-state index contributed by atoms with van der Waals surface area (Å²) in [6.45, 7) is 1.07. The topological polar surface area (TPSA) is 42.6 Å². The number of imidazole rings is 1. The number of aromatic nitrogens is 2. The maximum Gasteiger partial charge on any atom is 0.230 e. The lowest BCUT2D eigenvalue weighted by atomic mass is 10.1. The molecular weight excluding hydrogens is 459 g/mol. The molecule has 0 N–H and O–H groups in total. The van der Waals surface area contributed by atoms with Gasteiger partial charge in [0.2, 0.25) is 23.0 Å². The van der Waals surface area contributed by atoms with E-state index in [1.165, 1.54) is 0 Å². The second-order valence-electron chi connectivity index (χ2n) is 5.51. The molecule has 0 radical (unpaired) electrons. The van der Waals surface area contributed by atoms with Gasteiger partial charge < -0.3 is 12.6 Å². The molecule has 2 aromatic rings. The molecule has 0 bridgehead atoms. The van der Waals surface area contributed by atoms with Crippen LogP contribution in [0.2, 0.25) is 5.02 Å². The summed E-state index contributed by atoms with van der Waals surface area (Å²) < 4.78 is 7.05. The highest BCUT2D eigenvalue weighted by atomic mass is 127. The summed E-state index contributed by atoms with van der Waals surface area (Å²) in [6.07, 6.45) is 2.95. The molecule has 5 nitrogen and oxygen atoms in total. The van der Waals surface area contributed by atoms with Gasteiger partial charge in [-0.1, -0.05) is 40.7 Å². The predicted molar refractivity (Wildman–Crippen MR) is 109 cm³/mol. The van der Waals surface area contributed by atoms with Gasteiger partial charge in [-0.25, -0.2) is 4.98 Å². The molecule has 130 valence electrons. The number of halogens is 2. The summed E-state index contributed by atoms with van der Waals surface area (Å²) in [6, 6.07) is 7.53. The van der Waals surface area contributed by atoms with Crippen LogP contribution in [0.15, 0.2) is 40.8 Å². The van der Waals surface area contributed by atoms with Gasteiger partial charge in [0.25, 0.3) is 0 Å². The highest BCUT2D eigenvalue weighted by Gasteiger charge is 2.15. The molecule has 0 atom stereocenters. The molecule has 0 spiro atoms. The summed E-state index contributed by atoms with van der Waals surface area (Å²) in [7, 11) is 6.17. The minimum absolute atomic E-state index is 0.690. The SMILES string of the molecule is CN(C)CCCSc1ncc(/C(=N\OI)c2ccc(Cl)cc2)n1C. The van der Waals surface area contributed by atoms with Gasteiger partial charge in [-0.05, 0) is 39.2 Å². The van der Waals surface area contributed by atoms with E-state index in [0.717, 1.165) is 40.8 Å². The van der Waals surface area contributed by atoms with Crippen LogP contribution in [0.5, 0.6) is 0 Å². The Balaban J connectivity index is 2.17. The molecule has 8 heteroatoms. The second-order valence-corrected chi connectivity index (χ2v) is 7.40. The standard InChI is InChI=1S/C16H20ClIN4OS/c1-21(2)9-4-10-24-16-19-11-14(22(16)3)15(20-23-18)12-5-7-13(17)8-6-12/h5-8,11H,4,9-10H2,1-3H3/b20-15-. The average Bonchev–Trinajstić information content (AvgIpc) is 2.91. The molecule has 24 heavy (non-hydrogen) atoms. The van der Waals surface area contributed by atoms with Crippen molar-refractivity contribution in [3.05, 3.63) is 46.7 Å². The largest absolute Gasteiger partial charge is 0.326 e. The lowest BCUT2D eigenvalue weighted by Crippen LogP contribution is -2.13. The van der Waals surface area contributed by atoms with Gasteiger partial charge in [0.1, 0.15) is 5.71 Å². The average molecular weight is 479 g/mol. The Morgan fingerprint density at radius 2 is 2.08 bits per heavy atom. The zero-order valence-corrected chi connectivity index (χ0v) is 17.6. The van der Waals surface area contributed by atoms with Gasteiger partial charge in [-0.15, -0.1) is 0 Å². The molecule has 0 amide bonds. The molecule has 0 aliphatic heterocycles. The van der Waals surface area contributed by atoms with Crippen LogP contribution in [-0.2, 0) is 10.2 Å². The zero-order chi connectivity index (χ0) is 17.5. The van der Waals surface area contributed by atoms with Crippen LogP contribution in [0.3, 0.4) is 0 Å². The van der Waals surface area contributed by atoms with Crippen LogP contribution < -0.4 is 0 Å². The van der Waals surface area contributed by atoms with Crippen molar-refractivity contribution >= 4 is 52.1 Å². The molecule has 0 aliphatic rings. The molecule has 0 fully saturated rings. The highest BCUT2D eigenvalue weighted by molar-refractivity contribution is 14.1. The third kappa shape index (κ3) is 5.37. The number of benzene rings is 1. The van der Waals surface area contributed by atoms with Gasteiger partial charge in [-0.3, -0.25) is 0 Å². The Kier molecular flexibility index (Phi) is 7.86. The van der Waals surface area contributed by atoms with Gasteiger partial charge in [-0.2, -0.15) is 0 Å². The monoisotopic (exact) mass is 478 g/mol. The molecule has 0 unspecified atom stereocenters. The minimum Gasteiger partial charge on any atom is -0.326 e. The highest BCUT2D eigenvalue weighted by Crippen LogP contribution is 2.21. The molecule has 1 heterocycles. The first-order valence-corrected chi connectivity index (χ1v) is 9.68. The Morgan fingerprint density at radius 1 is 1.38 bits per heavy atom. The molecule has 1 aromatic carbocycles. The Morgan fingerprint density at radius 3 is 2.71 bits per heavy atom. The van der Waals surface area contributed by atoms with Crippen molar-refractivity contribution in [3.63, 3.8) is 0 Å². The second kappa shape index (κ2) is 9.65. The summed E-state index contributed by atoms with van der Waals surface area (Å²) >= 11 is 9.48. The first-order valence-electron chi connectivity index (χ1n) is 7.44. The lowest BCUT2D eigenvalue weighted by Gasteiger charge is -2.10. The summed E-state index contributed by atoms with van der Waals surface area (Å²) in [5, 5.41) is 5.83. The summed E-state index contributed by atoms with van der Waals surface area (Å²) in [5.41, 5.74) is 2.57. The smallest absolute Gasteiger partial charge is 0.230 e. The summed E-state index contributed by atoms with van der Waals surface area (Å²) in [4.78, 5) is 6.71. The molecular formula is C16H20ClIN4OS. The van der Waals surface area contributed by atoms with E-state index >= 15 is 0 Å². The maximum absolute atomic E-state index is 5.97. The first kappa shape index (κ1) is 19.6. The Hall–Kier alpha value is -0.770. The Bertz CT molecular complexity index is 688. The number of thioether (sulfide) groups is 1. The number of hydrogen-bond acceptors (Lipinski definition) is 5. The molecule has 0 saturated carbocycles. The van der Waals surface area contributed by atoms with Crippen molar-refractivity contribution < 1.29 is 3.17 Å². The van der Waals surface area contributed by atoms with Crippen molar-refractivity contribution in [2.75, 3.05) is 26.4 Å². The number of nitrogens with zero attached hydrogens (tertiary/aromatic N) is 4. The van der Waals surface area contributed by atoms with Gasteiger partial charge in [0.15, 0.2) is 5.16 Å². The van der Waals surface area contributed by atoms with Crippen LogP contribution in [0.1, 0.15) is 17.7 Å². The maximum atomic E-state index is 5.97. The van der Waals surface area contributed by atoms with E-state index in [0.29, 0.717) is 5.02 Å². The molecule has 0 aliphatic carbocycles. The molecule has 0 saturated heterocycles. The quantitative estimate of drug-likeness (QED) is 0.187. The van der Waals surface area contributed by atoms with E-state index in [1.807, 2.05) is 42.1 Å². The van der Waals surface area contributed by atoms with Gasteiger partial charge >= 0.3 is 0 Å². The predicted octanol–water partition coefficient (Wildman–Crippen LogP) is 4.24. The fourth-order valence-corrected chi connectivity index (χ4v) is 3.38. The minimum atomic E-state index is 0.690. The third-order valence-electron chi connectivity index (χ3n) is 3.41. The van der Waals surface area contributed by atoms with Crippen LogP contribution >= 0.6 is 46.4 Å². The lowest BCUT2D eigenvalue weighted by molar-refractivity contribution is 0.410. The van der Waals surface area contributed by atoms with Crippen LogP contribution in [0.25, 0.3) is 0 Å². The number of oxime groups is 1. The van der Waals surface area contributed by atoms with E-state index in [2.05, 4.69) is 29.1 Å². The van der Waals surface area contributed by atoms with Gasteiger partial charge in [0, 0.05) is 23.4 Å². The van der Waals surface area contributed by atoms with Crippen molar-refractivity contribution in [1.82, 2.24) is 14.5 Å². The number of rotatable bonds is 8. The van der Waals surface area contributed by atoms with Crippen molar-refractivity contribution in [2.45, 2.75) is 11.6 Å². The first-order chi connectivity index (χ1) is 11.5. The van der Waals surface area contributed by atoms with E-state index < -0.39 is 0 Å². The van der Waals surface area contributed by atoms with Gasteiger partial charge in [0.05, 0.1) is 11.9 Å². The summed E-state index contributed by atoms with van der Waals surface area (Å²) in [5.74, 6) is 1.03. The normalized spacial score (nSPS) is 12.0. The fourth-order valence-electron chi connectivity index (χ4n) is 2.18. The van der Waals surface area contributed by atoms with Crippen LogP contribution in [-0.4, -0.2) is 46.6 Å². The Labute approximate surface area is 166 Å². The number of hydrogen-bond donors (Lipinski definition) is 0. The molecule has 2 rings (SSSR count). The zero-order valence-electron chi connectivity index (χ0n) is 13.9. The van der Waals surface area contributed by atoms with E-state index in [1.54, 1.807) is 34.8 Å².